The molecule has 1 aromatic carbocycles. The second kappa shape index (κ2) is 7.38. The Balaban J connectivity index is 2.75. The number of aliphatic hydroxyl groups is 3. The van der Waals surface area contributed by atoms with Crippen LogP contribution in [-0.2, 0) is 19.1 Å². The first-order valence-corrected chi connectivity index (χ1v) is 7.23. The summed E-state index contributed by atoms with van der Waals surface area (Å²) in [6, 6.07) is 3.79. The van der Waals surface area contributed by atoms with Crippen molar-refractivity contribution in [2.45, 2.75) is 23.2 Å². The van der Waals surface area contributed by atoms with Gasteiger partial charge < -0.3 is 20.1 Å². The van der Waals surface area contributed by atoms with Crippen LogP contribution in [0.15, 0.2) is 29.2 Å². The Kier molecular flexibility index (Phi) is 6.08. The molecule has 0 spiro atoms. The Hall–Kier alpha value is -1.92. The topological polar surface area (TPSA) is 164 Å². The van der Waals surface area contributed by atoms with Crippen LogP contribution in [0, 0.1) is 10.1 Å². The maximum Gasteiger partial charge on any atom is 0.297 e. The van der Waals surface area contributed by atoms with Crippen LogP contribution in [0.2, 0.25) is 0 Å². The molecule has 0 fully saturated rings. The number of carbonyl (C=O) groups excluding carboxylic acids is 1. The summed E-state index contributed by atoms with van der Waals surface area (Å²) in [5.41, 5.74) is -0.316. The van der Waals surface area contributed by atoms with E-state index in [9.17, 15) is 33.5 Å². The van der Waals surface area contributed by atoms with E-state index >= 15 is 0 Å². The fourth-order valence-corrected chi connectivity index (χ4v) is 2.29. The second-order valence-corrected chi connectivity index (χ2v) is 5.79. The van der Waals surface area contributed by atoms with Gasteiger partial charge in [-0.15, -0.1) is 0 Å². The van der Waals surface area contributed by atoms with Crippen molar-refractivity contribution in [3.63, 3.8) is 0 Å². The standard InChI is InChI=1S/C11H13NO9S/c13-5-9(14)11(16)10(15)6-21-22(19,20)8-3-1-7(2-4-8)12(17)18/h1-5,9-11,14-16H,6H2/t9-,10-,11+/m1/s1. The first kappa shape index (κ1) is 18.1. The average Bonchev–Trinajstić information content (AvgIpc) is 2.51. The van der Waals surface area contributed by atoms with Crippen LogP contribution >= 0.6 is 0 Å². The van der Waals surface area contributed by atoms with Crippen LogP contribution in [-0.4, -0.2) is 59.9 Å². The van der Waals surface area contributed by atoms with Gasteiger partial charge in [-0.05, 0) is 12.1 Å². The van der Waals surface area contributed by atoms with Crippen molar-refractivity contribution < 1.29 is 37.6 Å². The Morgan fingerprint density at radius 2 is 1.77 bits per heavy atom. The fraction of sp³-hybridized carbons (Fsp3) is 0.364. The minimum atomic E-state index is -4.33. The number of hydrogen-bond acceptors (Lipinski definition) is 9. The smallest absolute Gasteiger partial charge is 0.297 e. The molecule has 1 aromatic rings. The quantitative estimate of drug-likeness (QED) is 0.224. The van der Waals surface area contributed by atoms with Gasteiger partial charge in [-0.25, -0.2) is 0 Å². The first-order chi connectivity index (χ1) is 10.2. The number of aldehydes is 1. The molecule has 0 heterocycles. The summed E-state index contributed by atoms with van der Waals surface area (Å²) >= 11 is 0. The molecule has 0 aromatic heterocycles. The number of non-ortho nitro benzene ring substituents is 1. The highest BCUT2D eigenvalue weighted by Gasteiger charge is 2.27. The highest BCUT2D eigenvalue weighted by atomic mass is 32.2. The van der Waals surface area contributed by atoms with Gasteiger partial charge in [-0.1, -0.05) is 0 Å². The number of hydrogen-bond donors (Lipinski definition) is 3. The van der Waals surface area contributed by atoms with E-state index in [0.717, 1.165) is 24.3 Å². The van der Waals surface area contributed by atoms with E-state index in [0.29, 0.717) is 0 Å². The van der Waals surface area contributed by atoms with Gasteiger partial charge in [0, 0.05) is 12.1 Å². The van der Waals surface area contributed by atoms with Gasteiger partial charge in [0.2, 0.25) is 0 Å². The van der Waals surface area contributed by atoms with Crippen molar-refractivity contribution >= 4 is 22.1 Å². The molecular weight excluding hydrogens is 322 g/mol. The van der Waals surface area contributed by atoms with Crippen molar-refractivity contribution in [3.05, 3.63) is 34.4 Å². The number of aliphatic hydroxyl groups excluding tert-OH is 3. The Morgan fingerprint density at radius 1 is 1.23 bits per heavy atom. The highest BCUT2D eigenvalue weighted by molar-refractivity contribution is 7.86. The van der Waals surface area contributed by atoms with Crippen LogP contribution in [0.1, 0.15) is 0 Å². The van der Waals surface area contributed by atoms with Crippen LogP contribution in [0.25, 0.3) is 0 Å². The zero-order valence-electron chi connectivity index (χ0n) is 11.0. The number of benzene rings is 1. The van der Waals surface area contributed by atoms with Gasteiger partial charge in [-0.3, -0.25) is 14.3 Å². The minimum Gasteiger partial charge on any atom is -0.388 e. The van der Waals surface area contributed by atoms with E-state index in [-0.39, 0.29) is 12.0 Å². The normalized spacial score (nSPS) is 15.8. The lowest BCUT2D eigenvalue weighted by molar-refractivity contribution is -0.384. The number of nitro groups is 1. The zero-order chi connectivity index (χ0) is 16.9. The summed E-state index contributed by atoms with van der Waals surface area (Å²) in [6.45, 7) is -0.911. The highest BCUT2D eigenvalue weighted by Crippen LogP contribution is 2.18. The maximum absolute atomic E-state index is 11.8. The average molecular weight is 335 g/mol. The molecule has 0 radical (unpaired) electrons. The number of nitro benzene ring substituents is 1. The van der Waals surface area contributed by atoms with Crippen molar-refractivity contribution in [2.24, 2.45) is 0 Å². The molecule has 0 bridgehead atoms. The minimum absolute atomic E-state index is 0.0291. The molecule has 0 unspecified atom stereocenters. The Bertz CT molecular complexity index is 627. The molecule has 0 saturated heterocycles. The summed E-state index contributed by atoms with van der Waals surface area (Å²) in [5.74, 6) is 0. The summed E-state index contributed by atoms with van der Waals surface area (Å²) in [7, 11) is -4.33. The fourth-order valence-electron chi connectivity index (χ4n) is 1.37. The van der Waals surface area contributed by atoms with Gasteiger partial charge >= 0.3 is 0 Å². The number of carbonyl (C=O) groups is 1. The van der Waals surface area contributed by atoms with Gasteiger partial charge in [0.1, 0.15) is 18.3 Å². The molecule has 0 aliphatic carbocycles. The lowest BCUT2D eigenvalue weighted by Crippen LogP contribution is -2.41. The monoisotopic (exact) mass is 335 g/mol. The number of nitrogens with zero attached hydrogens (tertiary/aromatic N) is 1. The maximum atomic E-state index is 11.8. The Labute approximate surface area is 124 Å². The van der Waals surface area contributed by atoms with Gasteiger partial charge in [0.15, 0.2) is 6.29 Å². The summed E-state index contributed by atoms with van der Waals surface area (Å²) in [6.07, 6.45) is -5.66. The molecule has 122 valence electrons. The van der Waals surface area contributed by atoms with E-state index in [1.807, 2.05) is 0 Å². The molecule has 0 amide bonds. The van der Waals surface area contributed by atoms with Crippen molar-refractivity contribution in [3.8, 4) is 0 Å². The van der Waals surface area contributed by atoms with E-state index in [1.165, 1.54) is 0 Å². The molecule has 22 heavy (non-hydrogen) atoms. The summed E-state index contributed by atoms with van der Waals surface area (Å²) in [5, 5.41) is 38.1. The third-order valence-corrected chi connectivity index (χ3v) is 3.91. The third-order valence-electron chi connectivity index (χ3n) is 2.61. The van der Waals surface area contributed by atoms with Crippen molar-refractivity contribution in [1.29, 1.82) is 0 Å². The van der Waals surface area contributed by atoms with E-state index in [2.05, 4.69) is 4.18 Å². The van der Waals surface area contributed by atoms with Gasteiger partial charge in [0.05, 0.1) is 16.4 Å². The predicted octanol–water partition coefficient (Wildman–Crippen LogP) is -1.42. The SMILES string of the molecule is O=C[C@@H](O)[C@H](O)[C@H](O)COS(=O)(=O)c1ccc([N+](=O)[O-])cc1. The first-order valence-electron chi connectivity index (χ1n) is 5.82. The van der Waals surface area contributed by atoms with E-state index in [4.69, 9.17) is 5.11 Å². The summed E-state index contributed by atoms with van der Waals surface area (Å²) < 4.78 is 28.0. The molecule has 3 atom stereocenters. The van der Waals surface area contributed by atoms with Crippen molar-refractivity contribution in [1.82, 2.24) is 0 Å². The van der Waals surface area contributed by atoms with Crippen LogP contribution in [0.5, 0.6) is 0 Å². The third kappa shape index (κ3) is 4.54. The molecule has 11 heteroatoms. The Morgan fingerprint density at radius 3 is 2.23 bits per heavy atom. The van der Waals surface area contributed by atoms with Crippen LogP contribution < -0.4 is 0 Å². The van der Waals surface area contributed by atoms with Crippen molar-refractivity contribution in [2.75, 3.05) is 6.61 Å². The predicted molar refractivity (Wildman–Crippen MR) is 70.3 cm³/mol. The molecule has 0 aliphatic rings. The number of rotatable bonds is 8. The van der Waals surface area contributed by atoms with Gasteiger partial charge in [0.25, 0.3) is 15.8 Å². The zero-order valence-corrected chi connectivity index (χ0v) is 11.8. The van der Waals surface area contributed by atoms with Crippen LogP contribution in [0.4, 0.5) is 5.69 Å². The summed E-state index contributed by atoms with van der Waals surface area (Å²) in [4.78, 5) is 19.6. The molecule has 0 aliphatic heterocycles. The lowest BCUT2D eigenvalue weighted by Gasteiger charge is -2.18. The molecule has 3 N–H and O–H groups in total. The second-order valence-electron chi connectivity index (χ2n) is 4.17. The van der Waals surface area contributed by atoms with Gasteiger partial charge in [-0.2, -0.15) is 8.42 Å². The van der Waals surface area contributed by atoms with E-state index in [1.54, 1.807) is 0 Å². The largest absolute Gasteiger partial charge is 0.388 e. The molecule has 10 nitrogen and oxygen atoms in total. The lowest BCUT2D eigenvalue weighted by atomic mass is 10.1. The van der Waals surface area contributed by atoms with E-state index < -0.39 is 44.9 Å². The van der Waals surface area contributed by atoms with Crippen LogP contribution in [0.3, 0.4) is 0 Å². The molecular formula is C11H13NO9S. The molecule has 0 saturated carbocycles. The molecule has 1 rings (SSSR count).